The monoisotopic (exact) mass is 432 g/mol. The summed E-state index contributed by atoms with van der Waals surface area (Å²) in [4.78, 5) is 12.7. The minimum Gasteiger partial charge on any atom is -0.495 e. The molecule has 0 saturated heterocycles. The second-order valence-corrected chi connectivity index (χ2v) is 9.88. The standard InChI is InChI=1S/C23H32N2O4S/c1-16(2)9-10-24-23(26)15-25(20-12-18(4)11-19(5)13-20)30(27,28)22-14-17(3)7-8-21(22)29-6/h7-8,11-14,16H,9-10,15H2,1-6H3,(H,24,26). The largest absolute Gasteiger partial charge is 0.495 e. The molecule has 0 atom stereocenters. The Morgan fingerprint density at radius 2 is 1.67 bits per heavy atom. The third-order valence-electron chi connectivity index (χ3n) is 4.71. The van der Waals surface area contributed by atoms with Crippen LogP contribution in [-0.2, 0) is 14.8 Å². The molecule has 0 unspecified atom stereocenters. The SMILES string of the molecule is COc1ccc(C)cc1S(=O)(=O)N(CC(=O)NCCC(C)C)c1cc(C)cc(C)c1. The Balaban J connectivity index is 2.50. The molecule has 0 aliphatic heterocycles. The Morgan fingerprint density at radius 3 is 2.23 bits per heavy atom. The maximum absolute atomic E-state index is 13.7. The van der Waals surface area contributed by atoms with Crippen molar-refractivity contribution in [2.45, 2.75) is 45.9 Å². The molecule has 0 saturated carbocycles. The fourth-order valence-corrected chi connectivity index (χ4v) is 4.85. The summed E-state index contributed by atoms with van der Waals surface area (Å²) in [7, 11) is -2.61. The van der Waals surface area contributed by atoms with Gasteiger partial charge >= 0.3 is 0 Å². The Labute approximate surface area is 180 Å². The summed E-state index contributed by atoms with van der Waals surface area (Å²) in [5, 5.41) is 2.83. The molecule has 0 aliphatic rings. The average Bonchev–Trinajstić information content (AvgIpc) is 2.64. The van der Waals surface area contributed by atoms with Crippen molar-refractivity contribution in [2.24, 2.45) is 5.92 Å². The molecular formula is C23H32N2O4S. The predicted molar refractivity (Wildman–Crippen MR) is 121 cm³/mol. The molecule has 7 heteroatoms. The van der Waals surface area contributed by atoms with Crippen molar-refractivity contribution in [1.29, 1.82) is 0 Å². The van der Waals surface area contributed by atoms with E-state index in [1.807, 2.05) is 26.8 Å². The summed E-state index contributed by atoms with van der Waals surface area (Å²) >= 11 is 0. The lowest BCUT2D eigenvalue weighted by atomic mass is 10.1. The molecule has 30 heavy (non-hydrogen) atoms. The van der Waals surface area contributed by atoms with Crippen LogP contribution in [0.3, 0.4) is 0 Å². The van der Waals surface area contributed by atoms with Crippen molar-refractivity contribution in [3.05, 3.63) is 53.1 Å². The van der Waals surface area contributed by atoms with E-state index in [0.717, 1.165) is 27.4 Å². The molecule has 6 nitrogen and oxygen atoms in total. The van der Waals surface area contributed by atoms with Gasteiger partial charge in [-0.1, -0.05) is 26.0 Å². The quantitative estimate of drug-likeness (QED) is 0.650. The van der Waals surface area contributed by atoms with Crippen molar-refractivity contribution in [3.8, 4) is 5.75 Å². The molecule has 2 aromatic rings. The molecule has 0 aliphatic carbocycles. The van der Waals surface area contributed by atoms with E-state index in [2.05, 4.69) is 19.2 Å². The van der Waals surface area contributed by atoms with Crippen LogP contribution in [-0.4, -0.2) is 34.5 Å². The Kier molecular flexibility index (Phi) is 7.89. The normalized spacial score (nSPS) is 11.4. The van der Waals surface area contributed by atoms with E-state index in [4.69, 9.17) is 4.74 Å². The minimum absolute atomic E-state index is 0.0409. The third kappa shape index (κ3) is 5.98. The van der Waals surface area contributed by atoms with E-state index in [1.165, 1.54) is 7.11 Å². The summed E-state index contributed by atoms with van der Waals surface area (Å²) in [6.45, 7) is 9.96. The lowest BCUT2D eigenvalue weighted by molar-refractivity contribution is -0.119. The first kappa shape index (κ1) is 23.7. The smallest absolute Gasteiger partial charge is 0.268 e. The highest BCUT2D eigenvalue weighted by Crippen LogP contribution is 2.31. The molecule has 1 N–H and O–H groups in total. The number of carbonyl (C=O) groups excluding carboxylic acids is 1. The number of benzene rings is 2. The number of aryl methyl sites for hydroxylation is 3. The summed E-state index contributed by atoms with van der Waals surface area (Å²) in [5.74, 6) is 0.348. The second kappa shape index (κ2) is 9.98. The topological polar surface area (TPSA) is 75.7 Å². The van der Waals surface area contributed by atoms with Gasteiger partial charge in [0, 0.05) is 6.54 Å². The highest BCUT2D eigenvalue weighted by Gasteiger charge is 2.30. The zero-order valence-electron chi connectivity index (χ0n) is 18.7. The van der Waals surface area contributed by atoms with E-state index in [-0.39, 0.29) is 23.1 Å². The molecule has 0 heterocycles. The van der Waals surface area contributed by atoms with Gasteiger partial charge in [-0.15, -0.1) is 0 Å². The maximum Gasteiger partial charge on any atom is 0.268 e. The van der Waals surface area contributed by atoms with Crippen LogP contribution in [0.2, 0.25) is 0 Å². The van der Waals surface area contributed by atoms with Crippen LogP contribution in [0.5, 0.6) is 5.75 Å². The van der Waals surface area contributed by atoms with E-state index < -0.39 is 10.0 Å². The summed E-state index contributed by atoms with van der Waals surface area (Å²) in [6, 6.07) is 10.5. The van der Waals surface area contributed by atoms with Crippen LogP contribution >= 0.6 is 0 Å². The first-order valence-corrected chi connectivity index (χ1v) is 11.5. The zero-order valence-corrected chi connectivity index (χ0v) is 19.5. The molecule has 0 bridgehead atoms. The molecule has 1 amide bonds. The van der Waals surface area contributed by atoms with E-state index in [1.54, 1.807) is 30.3 Å². The van der Waals surface area contributed by atoms with E-state index >= 15 is 0 Å². The summed E-state index contributed by atoms with van der Waals surface area (Å²) in [5.41, 5.74) is 3.08. The Hall–Kier alpha value is -2.54. The first-order valence-electron chi connectivity index (χ1n) is 10.1. The molecule has 164 valence electrons. The van der Waals surface area contributed by atoms with Crippen LogP contribution in [0.25, 0.3) is 0 Å². The number of rotatable bonds is 9. The van der Waals surface area contributed by atoms with Gasteiger partial charge in [0.25, 0.3) is 10.0 Å². The predicted octanol–water partition coefficient (Wildman–Crippen LogP) is 3.98. The van der Waals surface area contributed by atoms with Gasteiger partial charge in [-0.2, -0.15) is 0 Å². The number of hydrogen-bond acceptors (Lipinski definition) is 4. The molecule has 2 rings (SSSR count). The second-order valence-electron chi connectivity index (χ2n) is 8.04. The highest BCUT2D eigenvalue weighted by molar-refractivity contribution is 7.93. The van der Waals surface area contributed by atoms with Gasteiger partial charge in [0.2, 0.25) is 5.91 Å². The molecular weight excluding hydrogens is 400 g/mol. The number of hydrogen-bond donors (Lipinski definition) is 1. The van der Waals surface area contributed by atoms with Gasteiger partial charge < -0.3 is 10.1 Å². The fraction of sp³-hybridized carbons (Fsp3) is 0.435. The fourth-order valence-electron chi connectivity index (χ4n) is 3.20. The lowest BCUT2D eigenvalue weighted by Gasteiger charge is -2.26. The van der Waals surface area contributed by atoms with Crippen molar-refractivity contribution >= 4 is 21.6 Å². The number of sulfonamides is 1. The number of ether oxygens (including phenoxy) is 1. The first-order chi connectivity index (χ1) is 14.0. The minimum atomic E-state index is -4.04. The van der Waals surface area contributed by atoms with Crippen LogP contribution in [0, 0.1) is 26.7 Å². The van der Waals surface area contributed by atoms with Gasteiger partial charge in [-0.3, -0.25) is 9.10 Å². The Morgan fingerprint density at radius 1 is 1.03 bits per heavy atom. The molecule has 2 aromatic carbocycles. The molecule has 0 radical (unpaired) electrons. The van der Waals surface area contributed by atoms with Gasteiger partial charge in [0.05, 0.1) is 12.8 Å². The van der Waals surface area contributed by atoms with Crippen molar-refractivity contribution in [1.82, 2.24) is 5.32 Å². The van der Waals surface area contributed by atoms with Crippen LogP contribution in [0.15, 0.2) is 41.3 Å². The van der Waals surface area contributed by atoms with Gasteiger partial charge in [-0.05, 0) is 74.1 Å². The molecule has 0 spiro atoms. The zero-order chi connectivity index (χ0) is 22.5. The van der Waals surface area contributed by atoms with Crippen molar-refractivity contribution in [2.75, 3.05) is 24.5 Å². The van der Waals surface area contributed by atoms with E-state index in [0.29, 0.717) is 18.2 Å². The van der Waals surface area contributed by atoms with Gasteiger partial charge in [0.1, 0.15) is 17.2 Å². The van der Waals surface area contributed by atoms with Crippen LogP contribution in [0.4, 0.5) is 5.69 Å². The number of amides is 1. The molecule has 0 fully saturated rings. The summed E-state index contributed by atoms with van der Waals surface area (Å²) < 4.78 is 33.8. The molecule has 0 aromatic heterocycles. The third-order valence-corrected chi connectivity index (χ3v) is 6.51. The van der Waals surface area contributed by atoms with Crippen LogP contribution < -0.4 is 14.4 Å². The van der Waals surface area contributed by atoms with Crippen molar-refractivity contribution in [3.63, 3.8) is 0 Å². The highest BCUT2D eigenvalue weighted by atomic mass is 32.2. The van der Waals surface area contributed by atoms with Crippen molar-refractivity contribution < 1.29 is 17.9 Å². The maximum atomic E-state index is 13.7. The van der Waals surface area contributed by atoms with E-state index in [9.17, 15) is 13.2 Å². The van der Waals surface area contributed by atoms with Gasteiger partial charge in [-0.25, -0.2) is 8.42 Å². The lowest BCUT2D eigenvalue weighted by Crippen LogP contribution is -2.41. The number of nitrogens with zero attached hydrogens (tertiary/aromatic N) is 1. The number of anilines is 1. The Bertz CT molecular complexity index is 980. The summed E-state index contributed by atoms with van der Waals surface area (Å²) in [6.07, 6.45) is 0.827. The average molecular weight is 433 g/mol. The number of carbonyl (C=O) groups is 1. The number of methoxy groups -OCH3 is 1. The number of nitrogens with one attached hydrogen (secondary N) is 1. The van der Waals surface area contributed by atoms with Gasteiger partial charge in [0.15, 0.2) is 0 Å². The van der Waals surface area contributed by atoms with Crippen LogP contribution in [0.1, 0.15) is 37.0 Å².